The van der Waals surface area contributed by atoms with Crippen LogP contribution in [0.3, 0.4) is 0 Å². The van der Waals surface area contributed by atoms with E-state index >= 15 is 0 Å². The minimum absolute atomic E-state index is 0.0441. The first kappa shape index (κ1) is 24.8. The summed E-state index contributed by atoms with van der Waals surface area (Å²) in [6.45, 7) is 1.90. The van der Waals surface area contributed by atoms with Gasteiger partial charge >= 0.3 is 10.1 Å². The number of hydroxylamine groups is 1. The zero-order valence-electron chi connectivity index (χ0n) is 20.9. The summed E-state index contributed by atoms with van der Waals surface area (Å²) in [6.07, 6.45) is -1.00. The Morgan fingerprint density at radius 1 is 0.744 bits per heavy atom. The molecule has 3 atom stereocenters. The zero-order chi connectivity index (χ0) is 27.1. The summed E-state index contributed by atoms with van der Waals surface area (Å²) in [7, 11) is -4.01. The van der Waals surface area contributed by atoms with Gasteiger partial charge in [0.1, 0.15) is 16.6 Å². The Kier molecular flexibility index (Phi) is 6.17. The van der Waals surface area contributed by atoms with Crippen molar-refractivity contribution in [1.29, 1.82) is 0 Å². The maximum Gasteiger partial charge on any atom is 0.339 e. The van der Waals surface area contributed by atoms with Crippen LogP contribution < -0.4 is 14.1 Å². The van der Waals surface area contributed by atoms with Crippen molar-refractivity contribution in [3.63, 3.8) is 0 Å². The Balaban J connectivity index is 1.35. The van der Waals surface area contributed by atoms with Crippen molar-refractivity contribution in [3.05, 3.63) is 120 Å². The van der Waals surface area contributed by atoms with E-state index in [0.717, 1.165) is 5.56 Å². The van der Waals surface area contributed by atoms with Crippen molar-refractivity contribution in [2.24, 2.45) is 5.92 Å². The fourth-order valence-corrected chi connectivity index (χ4v) is 6.01. The molecule has 0 spiro atoms. The second kappa shape index (κ2) is 9.68. The standard InChI is InChI=1S/C30H24N2O6S/c1-20-9-8-12-23(19-20)31-29(33)26-27(32(37-28(26)30(31)34)22-10-4-2-5-11-22)21-15-17-24(18-16-21)38-39(35,36)25-13-6-3-7-14-25/h2-19,26-28H,1H3. The Labute approximate surface area is 226 Å². The third-order valence-electron chi connectivity index (χ3n) is 6.85. The highest BCUT2D eigenvalue weighted by molar-refractivity contribution is 7.87. The summed E-state index contributed by atoms with van der Waals surface area (Å²) in [6, 6.07) is 30.1. The summed E-state index contributed by atoms with van der Waals surface area (Å²) >= 11 is 0. The lowest BCUT2D eigenvalue weighted by atomic mass is 9.90. The van der Waals surface area contributed by atoms with Gasteiger partial charge in [-0.3, -0.25) is 14.4 Å². The van der Waals surface area contributed by atoms with Crippen LogP contribution in [0.25, 0.3) is 0 Å². The second-order valence-corrected chi connectivity index (χ2v) is 11.0. The molecule has 39 heavy (non-hydrogen) atoms. The Morgan fingerprint density at radius 3 is 2.05 bits per heavy atom. The number of anilines is 2. The molecule has 6 rings (SSSR count). The molecule has 0 aliphatic carbocycles. The molecule has 4 aromatic carbocycles. The first-order valence-electron chi connectivity index (χ1n) is 12.4. The molecule has 0 bridgehead atoms. The summed E-state index contributed by atoms with van der Waals surface area (Å²) in [5.41, 5.74) is 2.78. The summed E-state index contributed by atoms with van der Waals surface area (Å²) in [5.74, 6) is -1.46. The molecule has 3 unspecified atom stereocenters. The van der Waals surface area contributed by atoms with Crippen molar-refractivity contribution in [1.82, 2.24) is 0 Å². The molecule has 0 saturated carbocycles. The van der Waals surface area contributed by atoms with Crippen molar-refractivity contribution in [2.75, 3.05) is 9.96 Å². The van der Waals surface area contributed by atoms with Crippen LogP contribution in [0.2, 0.25) is 0 Å². The Morgan fingerprint density at radius 2 is 1.38 bits per heavy atom. The lowest BCUT2D eigenvalue weighted by Crippen LogP contribution is -2.37. The van der Waals surface area contributed by atoms with Crippen LogP contribution in [0.1, 0.15) is 17.2 Å². The number of para-hydroxylation sites is 1. The van der Waals surface area contributed by atoms with Gasteiger partial charge in [0.25, 0.3) is 5.91 Å². The predicted octanol–water partition coefficient (Wildman–Crippen LogP) is 4.81. The molecule has 0 N–H and O–H groups in total. The van der Waals surface area contributed by atoms with Gasteiger partial charge in [-0.1, -0.05) is 60.7 Å². The first-order valence-corrected chi connectivity index (χ1v) is 13.8. The molecule has 2 amide bonds. The molecule has 2 saturated heterocycles. The van der Waals surface area contributed by atoms with Crippen LogP contribution in [0, 0.1) is 12.8 Å². The van der Waals surface area contributed by atoms with Crippen molar-refractivity contribution in [3.8, 4) is 5.75 Å². The average Bonchev–Trinajstić information content (AvgIpc) is 3.45. The van der Waals surface area contributed by atoms with E-state index < -0.39 is 34.1 Å². The van der Waals surface area contributed by atoms with Gasteiger partial charge in [-0.2, -0.15) is 8.42 Å². The van der Waals surface area contributed by atoms with E-state index in [-0.39, 0.29) is 16.6 Å². The number of benzene rings is 4. The smallest absolute Gasteiger partial charge is 0.339 e. The molecule has 2 aliphatic heterocycles. The maximum absolute atomic E-state index is 13.8. The SMILES string of the molecule is Cc1cccc(N2C(=O)C3ON(c4ccccc4)C(c4ccc(OS(=O)(=O)c5ccccc5)cc4)C3C2=O)c1. The third-order valence-corrected chi connectivity index (χ3v) is 8.11. The van der Waals surface area contributed by atoms with Crippen LogP contribution in [-0.4, -0.2) is 26.3 Å². The van der Waals surface area contributed by atoms with Gasteiger partial charge in [-0.25, -0.2) is 9.96 Å². The molecular formula is C30H24N2O6S. The molecule has 9 heteroatoms. The van der Waals surface area contributed by atoms with Gasteiger partial charge in [0, 0.05) is 0 Å². The molecule has 2 fully saturated rings. The molecule has 2 aliphatic rings. The van der Waals surface area contributed by atoms with Crippen LogP contribution in [0.15, 0.2) is 114 Å². The van der Waals surface area contributed by atoms with E-state index in [1.54, 1.807) is 53.6 Å². The molecule has 2 heterocycles. The van der Waals surface area contributed by atoms with Crippen molar-refractivity contribution in [2.45, 2.75) is 24.0 Å². The Hall–Kier alpha value is -4.47. The van der Waals surface area contributed by atoms with Gasteiger partial charge in [0.05, 0.1) is 17.4 Å². The highest BCUT2D eigenvalue weighted by atomic mass is 32.2. The van der Waals surface area contributed by atoms with Crippen LogP contribution in [0.4, 0.5) is 11.4 Å². The zero-order valence-corrected chi connectivity index (χ0v) is 21.7. The molecule has 8 nitrogen and oxygen atoms in total. The number of imide groups is 1. The van der Waals surface area contributed by atoms with Crippen LogP contribution in [-0.2, 0) is 24.5 Å². The molecule has 0 radical (unpaired) electrons. The Bertz CT molecular complexity index is 1640. The summed E-state index contributed by atoms with van der Waals surface area (Å²) in [4.78, 5) is 34.7. The van der Waals surface area contributed by atoms with E-state index in [4.69, 9.17) is 9.02 Å². The van der Waals surface area contributed by atoms with Crippen molar-refractivity contribution >= 4 is 33.3 Å². The van der Waals surface area contributed by atoms with E-state index in [1.165, 1.54) is 29.2 Å². The average molecular weight is 541 g/mol. The van der Waals surface area contributed by atoms with Gasteiger partial charge in [0.2, 0.25) is 5.91 Å². The largest absolute Gasteiger partial charge is 0.379 e. The highest BCUT2D eigenvalue weighted by Gasteiger charge is 2.60. The minimum atomic E-state index is -4.01. The van der Waals surface area contributed by atoms with E-state index in [1.807, 2.05) is 43.3 Å². The number of carbonyl (C=O) groups is 2. The number of carbonyl (C=O) groups excluding carboxylic acids is 2. The van der Waals surface area contributed by atoms with Gasteiger partial charge in [0.15, 0.2) is 6.10 Å². The van der Waals surface area contributed by atoms with E-state index in [9.17, 15) is 18.0 Å². The second-order valence-electron chi connectivity index (χ2n) is 9.43. The van der Waals surface area contributed by atoms with Crippen molar-refractivity contribution < 1.29 is 27.0 Å². The maximum atomic E-state index is 13.8. The fraction of sp³-hybridized carbons (Fsp3) is 0.133. The van der Waals surface area contributed by atoms with E-state index in [2.05, 4.69) is 0 Å². The number of hydrogen-bond donors (Lipinski definition) is 0. The fourth-order valence-electron chi connectivity index (χ4n) is 5.06. The number of nitrogens with zero attached hydrogens (tertiary/aromatic N) is 2. The molecule has 0 aromatic heterocycles. The van der Waals surface area contributed by atoms with Crippen LogP contribution in [0.5, 0.6) is 5.75 Å². The number of fused-ring (bicyclic) bond motifs is 1. The third kappa shape index (κ3) is 4.45. The lowest BCUT2D eigenvalue weighted by Gasteiger charge is -2.29. The van der Waals surface area contributed by atoms with E-state index in [0.29, 0.717) is 16.9 Å². The lowest BCUT2D eigenvalue weighted by molar-refractivity contribution is -0.126. The normalized spacial score (nSPS) is 20.8. The number of amides is 2. The number of rotatable bonds is 6. The topological polar surface area (TPSA) is 93.2 Å². The minimum Gasteiger partial charge on any atom is -0.379 e. The van der Waals surface area contributed by atoms with Gasteiger partial charge in [-0.05, 0) is 66.6 Å². The summed E-state index contributed by atoms with van der Waals surface area (Å²) < 4.78 is 30.7. The molecule has 4 aromatic rings. The number of hydrogen-bond acceptors (Lipinski definition) is 7. The number of aryl methyl sites for hydroxylation is 1. The monoisotopic (exact) mass is 540 g/mol. The van der Waals surface area contributed by atoms with Crippen LogP contribution >= 0.6 is 0 Å². The molecule has 196 valence electrons. The van der Waals surface area contributed by atoms with Gasteiger partial charge in [-0.15, -0.1) is 0 Å². The van der Waals surface area contributed by atoms with Gasteiger partial charge < -0.3 is 4.18 Å². The first-order chi connectivity index (χ1) is 18.8. The predicted molar refractivity (Wildman–Crippen MR) is 144 cm³/mol. The summed E-state index contributed by atoms with van der Waals surface area (Å²) in [5, 5.41) is 1.59. The molecular weight excluding hydrogens is 516 g/mol. The quantitative estimate of drug-likeness (QED) is 0.256. The highest BCUT2D eigenvalue weighted by Crippen LogP contribution is 2.47.